The average Bonchev–Trinajstić information content (AvgIpc) is 2.58. The lowest BCUT2D eigenvalue weighted by molar-refractivity contribution is -0.119. The summed E-state index contributed by atoms with van der Waals surface area (Å²) in [4.78, 5) is 16.1. The smallest absolute Gasteiger partial charge is 0.149 e. The molecule has 2 N–H and O–H groups in total. The van der Waals surface area contributed by atoms with Crippen LogP contribution < -0.4 is 5.73 Å². The van der Waals surface area contributed by atoms with Crippen LogP contribution in [0.2, 0.25) is 0 Å². The summed E-state index contributed by atoms with van der Waals surface area (Å²) in [6.45, 7) is 11.7. The van der Waals surface area contributed by atoms with Crippen LogP contribution >= 0.6 is 0 Å². The van der Waals surface area contributed by atoms with Crippen molar-refractivity contribution in [1.29, 1.82) is 0 Å². The van der Waals surface area contributed by atoms with Gasteiger partial charge >= 0.3 is 0 Å². The van der Waals surface area contributed by atoms with Crippen LogP contribution in [0.1, 0.15) is 59.1 Å². The fourth-order valence-electron chi connectivity index (χ4n) is 1.70. The molecule has 0 aromatic heterocycles. The highest BCUT2D eigenvalue weighted by atomic mass is 16.6. The van der Waals surface area contributed by atoms with E-state index in [4.69, 9.17) is 10.6 Å². The summed E-state index contributed by atoms with van der Waals surface area (Å²) in [5.41, 5.74) is 8.68. The molecule has 1 aromatic carbocycles. The van der Waals surface area contributed by atoms with Gasteiger partial charge in [0.2, 0.25) is 0 Å². The number of carbonyl (C=O) groups is 1. The van der Waals surface area contributed by atoms with E-state index in [0.717, 1.165) is 16.8 Å². The highest BCUT2D eigenvalue weighted by Gasteiger charge is 2.11. The number of hydrogen-bond acceptors (Lipinski definition) is 4. The number of nitrogens with zero attached hydrogens (tertiary/aromatic N) is 1. The Hall–Kier alpha value is -1.68. The van der Waals surface area contributed by atoms with Gasteiger partial charge in [0.15, 0.2) is 0 Å². The normalized spacial score (nSPS) is 11.4. The van der Waals surface area contributed by atoms with E-state index in [0.29, 0.717) is 12.8 Å². The second kappa shape index (κ2) is 14.3. The fraction of sp³-hybridized carbons (Fsp3) is 0.556. The molecule has 22 heavy (non-hydrogen) atoms. The Morgan fingerprint density at radius 2 is 1.68 bits per heavy atom. The molecule has 4 heteroatoms. The van der Waals surface area contributed by atoms with Crippen LogP contribution in [-0.4, -0.2) is 24.6 Å². The van der Waals surface area contributed by atoms with E-state index in [1.54, 1.807) is 0 Å². The van der Waals surface area contributed by atoms with E-state index in [9.17, 15) is 4.79 Å². The van der Waals surface area contributed by atoms with Crippen molar-refractivity contribution in [3.63, 3.8) is 0 Å². The van der Waals surface area contributed by atoms with Gasteiger partial charge in [-0.05, 0) is 24.5 Å². The number of oxime groups is 1. The number of ketones is 1. The van der Waals surface area contributed by atoms with Crippen LogP contribution in [0.15, 0.2) is 29.4 Å². The molecule has 0 fully saturated rings. The molecule has 1 aromatic rings. The lowest BCUT2D eigenvalue weighted by Crippen LogP contribution is -2.32. The summed E-state index contributed by atoms with van der Waals surface area (Å²) in [5.74, 6) is 0.0937. The van der Waals surface area contributed by atoms with E-state index in [-0.39, 0.29) is 5.78 Å². The lowest BCUT2D eigenvalue weighted by Gasteiger charge is -2.09. The molecule has 0 heterocycles. The maximum atomic E-state index is 11.4. The Bertz CT molecular complexity index is 425. The standard InChI is InChI=1S/C14H20N2O2.2C2H6/c1-4-14(17)13(15)9-11-5-7-12(8-6-11)10(2)16-18-3;2*1-2/h5-8,13H,4,9,15H2,1-3H3;2*1-2H3/b16-10-;;. The molecule has 0 amide bonds. The summed E-state index contributed by atoms with van der Waals surface area (Å²) in [6, 6.07) is 7.43. The van der Waals surface area contributed by atoms with E-state index < -0.39 is 6.04 Å². The Balaban J connectivity index is 0. The Kier molecular flexibility index (Phi) is 14.7. The van der Waals surface area contributed by atoms with Crippen molar-refractivity contribution in [3.8, 4) is 0 Å². The predicted octanol–water partition coefficient (Wildman–Crippen LogP) is 3.96. The zero-order valence-electron chi connectivity index (χ0n) is 15.1. The summed E-state index contributed by atoms with van der Waals surface area (Å²) in [7, 11) is 1.52. The first-order valence-corrected chi connectivity index (χ1v) is 8.03. The van der Waals surface area contributed by atoms with Crippen molar-refractivity contribution in [2.45, 2.75) is 60.4 Å². The minimum atomic E-state index is -0.408. The van der Waals surface area contributed by atoms with Crippen molar-refractivity contribution >= 4 is 11.5 Å². The number of nitrogens with two attached hydrogens (primary N) is 1. The molecule has 0 saturated heterocycles. The van der Waals surface area contributed by atoms with Crippen LogP contribution in [0, 0.1) is 0 Å². The third-order valence-corrected chi connectivity index (χ3v) is 2.82. The number of hydrogen-bond donors (Lipinski definition) is 1. The second-order valence-electron chi connectivity index (χ2n) is 4.19. The van der Waals surface area contributed by atoms with Crippen LogP contribution in [-0.2, 0) is 16.1 Å². The van der Waals surface area contributed by atoms with Crippen LogP contribution in [0.3, 0.4) is 0 Å². The molecule has 0 aliphatic heterocycles. The van der Waals surface area contributed by atoms with E-state index in [2.05, 4.69) is 5.16 Å². The van der Waals surface area contributed by atoms with E-state index in [1.165, 1.54) is 7.11 Å². The van der Waals surface area contributed by atoms with Crippen LogP contribution in [0.25, 0.3) is 0 Å². The minimum Gasteiger partial charge on any atom is -0.399 e. The van der Waals surface area contributed by atoms with E-state index >= 15 is 0 Å². The molecule has 4 nitrogen and oxygen atoms in total. The minimum absolute atomic E-state index is 0.0937. The fourth-order valence-corrected chi connectivity index (χ4v) is 1.70. The van der Waals surface area contributed by atoms with Gasteiger partial charge in [-0.3, -0.25) is 4.79 Å². The topological polar surface area (TPSA) is 64.7 Å². The maximum absolute atomic E-state index is 11.4. The third kappa shape index (κ3) is 8.57. The van der Waals surface area contributed by atoms with Crippen LogP contribution in [0.4, 0.5) is 0 Å². The van der Waals surface area contributed by atoms with Crippen molar-refractivity contribution in [1.82, 2.24) is 0 Å². The molecular formula is C18H32N2O2. The first-order valence-electron chi connectivity index (χ1n) is 8.03. The summed E-state index contributed by atoms with van der Waals surface area (Å²) in [6.07, 6.45) is 1.06. The Labute approximate surface area is 135 Å². The number of rotatable bonds is 6. The highest BCUT2D eigenvalue weighted by molar-refractivity contribution is 5.98. The van der Waals surface area contributed by atoms with Crippen molar-refractivity contribution in [2.75, 3.05) is 7.11 Å². The molecule has 126 valence electrons. The Morgan fingerprint density at radius 3 is 2.09 bits per heavy atom. The molecule has 0 aliphatic carbocycles. The quantitative estimate of drug-likeness (QED) is 0.639. The first kappa shape index (κ1) is 22.6. The van der Waals surface area contributed by atoms with Crippen molar-refractivity contribution < 1.29 is 9.63 Å². The maximum Gasteiger partial charge on any atom is 0.149 e. The van der Waals surface area contributed by atoms with Gasteiger partial charge in [-0.25, -0.2) is 0 Å². The molecule has 1 atom stereocenters. The summed E-state index contributed by atoms with van der Waals surface area (Å²) < 4.78 is 0. The molecule has 0 aliphatic rings. The third-order valence-electron chi connectivity index (χ3n) is 2.82. The molecular weight excluding hydrogens is 276 g/mol. The average molecular weight is 308 g/mol. The Morgan fingerprint density at radius 1 is 1.18 bits per heavy atom. The van der Waals surface area contributed by atoms with Crippen molar-refractivity contribution in [2.24, 2.45) is 10.9 Å². The molecule has 1 unspecified atom stereocenters. The van der Waals surface area contributed by atoms with Crippen molar-refractivity contribution in [3.05, 3.63) is 35.4 Å². The molecule has 0 saturated carbocycles. The molecule has 0 spiro atoms. The second-order valence-corrected chi connectivity index (χ2v) is 4.19. The summed E-state index contributed by atoms with van der Waals surface area (Å²) in [5, 5.41) is 3.86. The number of carbonyl (C=O) groups excluding carboxylic acids is 1. The van der Waals surface area contributed by atoms with Gasteiger partial charge in [-0.1, -0.05) is 64.0 Å². The monoisotopic (exact) mass is 308 g/mol. The number of Topliss-reactive ketones (excluding diaryl/α,β-unsaturated/α-hetero) is 1. The largest absolute Gasteiger partial charge is 0.399 e. The van der Waals surface area contributed by atoms with Gasteiger partial charge < -0.3 is 10.6 Å². The predicted molar refractivity (Wildman–Crippen MR) is 95.3 cm³/mol. The number of benzene rings is 1. The molecule has 0 bridgehead atoms. The zero-order valence-corrected chi connectivity index (χ0v) is 15.1. The molecule has 1 rings (SSSR count). The highest BCUT2D eigenvalue weighted by Crippen LogP contribution is 2.08. The SMILES string of the molecule is CC.CC.CCC(=O)C(N)Cc1ccc(/C(C)=N\OC)cc1. The van der Waals surface area contributed by atoms with Gasteiger partial charge in [0.25, 0.3) is 0 Å². The van der Waals surface area contributed by atoms with Gasteiger partial charge in [-0.2, -0.15) is 0 Å². The molecule has 0 radical (unpaired) electrons. The van der Waals surface area contributed by atoms with Crippen LogP contribution in [0.5, 0.6) is 0 Å². The van der Waals surface area contributed by atoms with Gasteiger partial charge in [0.1, 0.15) is 12.9 Å². The zero-order chi connectivity index (χ0) is 17.5. The van der Waals surface area contributed by atoms with Gasteiger partial charge in [0, 0.05) is 6.42 Å². The summed E-state index contributed by atoms with van der Waals surface area (Å²) >= 11 is 0. The van der Waals surface area contributed by atoms with Gasteiger partial charge in [-0.15, -0.1) is 0 Å². The lowest BCUT2D eigenvalue weighted by atomic mass is 10.00. The van der Waals surface area contributed by atoms with E-state index in [1.807, 2.05) is 65.8 Å². The first-order chi connectivity index (χ1) is 10.6. The van der Waals surface area contributed by atoms with Gasteiger partial charge in [0.05, 0.1) is 11.8 Å².